The monoisotopic (exact) mass is 216 g/mol. The Bertz CT molecular complexity index is 163. The highest BCUT2D eigenvalue weighted by Gasteiger charge is 2.25. The Morgan fingerprint density at radius 3 is 2.86 bits per heavy atom. The van der Waals surface area contributed by atoms with Gasteiger partial charge in [-0.2, -0.15) is 11.8 Å². The minimum Gasteiger partial charge on any atom is -0.327 e. The van der Waals surface area contributed by atoms with Gasteiger partial charge in [-0.05, 0) is 44.2 Å². The maximum Gasteiger partial charge on any atom is 0.00889 e. The number of hydrogen-bond donors (Lipinski definition) is 1. The van der Waals surface area contributed by atoms with Crippen LogP contribution in [0.3, 0.4) is 0 Å². The minimum atomic E-state index is 0.430. The van der Waals surface area contributed by atoms with Gasteiger partial charge in [0.1, 0.15) is 0 Å². The highest BCUT2D eigenvalue weighted by atomic mass is 32.2. The number of hydrogen-bond acceptors (Lipinski definition) is 3. The Morgan fingerprint density at radius 2 is 2.29 bits per heavy atom. The molecule has 2 N–H and O–H groups in total. The molecule has 0 aromatic heterocycles. The van der Waals surface area contributed by atoms with Gasteiger partial charge in [0.05, 0.1) is 0 Å². The molecular weight excluding hydrogens is 192 g/mol. The van der Waals surface area contributed by atoms with Crippen molar-refractivity contribution in [2.75, 3.05) is 25.1 Å². The summed E-state index contributed by atoms with van der Waals surface area (Å²) in [5.74, 6) is 1.94. The van der Waals surface area contributed by atoms with Crippen molar-refractivity contribution in [2.45, 2.75) is 38.8 Å². The molecular formula is C11H24N2S. The van der Waals surface area contributed by atoms with Gasteiger partial charge in [0.15, 0.2) is 0 Å². The first-order chi connectivity index (χ1) is 6.65. The number of rotatable bonds is 4. The molecule has 1 fully saturated rings. The minimum absolute atomic E-state index is 0.430. The van der Waals surface area contributed by atoms with Crippen LogP contribution in [0.2, 0.25) is 0 Å². The molecule has 0 saturated carbocycles. The van der Waals surface area contributed by atoms with Crippen molar-refractivity contribution in [3.63, 3.8) is 0 Å². The second-order valence-electron chi connectivity index (χ2n) is 4.56. The van der Waals surface area contributed by atoms with E-state index in [-0.39, 0.29) is 0 Å². The molecule has 0 spiro atoms. The van der Waals surface area contributed by atoms with Crippen LogP contribution in [-0.4, -0.2) is 42.1 Å². The maximum absolute atomic E-state index is 6.01. The molecule has 3 heteroatoms. The molecule has 1 rings (SSSR count). The van der Waals surface area contributed by atoms with E-state index in [0.29, 0.717) is 12.0 Å². The second-order valence-corrected chi connectivity index (χ2v) is 5.54. The lowest BCUT2D eigenvalue weighted by Crippen LogP contribution is -2.49. The third kappa shape index (κ3) is 3.44. The van der Waals surface area contributed by atoms with Crippen molar-refractivity contribution in [1.82, 2.24) is 4.90 Å². The van der Waals surface area contributed by atoms with Gasteiger partial charge in [0.25, 0.3) is 0 Å². The van der Waals surface area contributed by atoms with Crippen LogP contribution in [0.1, 0.15) is 26.7 Å². The Labute approximate surface area is 92.6 Å². The molecule has 0 radical (unpaired) electrons. The van der Waals surface area contributed by atoms with E-state index in [9.17, 15) is 0 Å². The molecule has 1 aliphatic heterocycles. The van der Waals surface area contributed by atoms with Gasteiger partial charge in [0, 0.05) is 18.6 Å². The first-order valence-corrected chi connectivity index (χ1v) is 7.03. The number of likely N-dealkylation sites (tertiary alicyclic amines) is 1. The predicted molar refractivity (Wildman–Crippen MR) is 65.8 cm³/mol. The van der Waals surface area contributed by atoms with E-state index in [0.717, 1.165) is 6.04 Å². The summed E-state index contributed by atoms with van der Waals surface area (Å²) in [6.45, 7) is 7.01. The van der Waals surface area contributed by atoms with Crippen LogP contribution in [0, 0.1) is 5.92 Å². The fourth-order valence-corrected chi connectivity index (χ4v) is 2.64. The third-order valence-electron chi connectivity index (χ3n) is 3.37. The van der Waals surface area contributed by atoms with Crippen molar-refractivity contribution in [2.24, 2.45) is 11.7 Å². The molecule has 1 aliphatic rings. The van der Waals surface area contributed by atoms with Crippen molar-refractivity contribution in [1.29, 1.82) is 0 Å². The molecule has 3 unspecified atom stereocenters. The van der Waals surface area contributed by atoms with E-state index in [1.54, 1.807) is 0 Å². The van der Waals surface area contributed by atoms with Crippen LogP contribution >= 0.6 is 11.8 Å². The molecule has 0 aromatic carbocycles. The van der Waals surface area contributed by atoms with Gasteiger partial charge in [-0.3, -0.25) is 0 Å². The fraction of sp³-hybridized carbons (Fsp3) is 1.00. The van der Waals surface area contributed by atoms with E-state index in [4.69, 9.17) is 5.73 Å². The van der Waals surface area contributed by atoms with E-state index < -0.39 is 0 Å². The Balaban J connectivity index is 2.30. The quantitative estimate of drug-likeness (QED) is 0.777. The topological polar surface area (TPSA) is 29.3 Å². The van der Waals surface area contributed by atoms with Gasteiger partial charge in [-0.1, -0.05) is 6.92 Å². The molecule has 0 bridgehead atoms. The largest absolute Gasteiger partial charge is 0.327 e. The molecule has 1 heterocycles. The number of thioether (sulfide) groups is 1. The van der Waals surface area contributed by atoms with Crippen LogP contribution in [0.5, 0.6) is 0 Å². The predicted octanol–water partition coefficient (Wildman–Crippen LogP) is 1.80. The molecule has 0 amide bonds. The Morgan fingerprint density at radius 1 is 1.57 bits per heavy atom. The number of piperidine rings is 1. The van der Waals surface area contributed by atoms with Gasteiger partial charge in [-0.25, -0.2) is 0 Å². The first kappa shape index (κ1) is 12.3. The molecule has 2 nitrogen and oxygen atoms in total. The van der Waals surface area contributed by atoms with Crippen molar-refractivity contribution < 1.29 is 0 Å². The maximum atomic E-state index is 6.01. The van der Waals surface area contributed by atoms with Gasteiger partial charge < -0.3 is 10.6 Å². The molecule has 0 aliphatic carbocycles. The van der Waals surface area contributed by atoms with E-state index >= 15 is 0 Å². The van der Waals surface area contributed by atoms with Gasteiger partial charge in [-0.15, -0.1) is 0 Å². The smallest absolute Gasteiger partial charge is 0.00889 e. The summed E-state index contributed by atoms with van der Waals surface area (Å²) in [6.07, 6.45) is 4.66. The van der Waals surface area contributed by atoms with Crippen LogP contribution < -0.4 is 5.73 Å². The normalized spacial score (nSPS) is 31.7. The van der Waals surface area contributed by atoms with Crippen LogP contribution in [0.25, 0.3) is 0 Å². The Kier molecular flexibility index (Phi) is 5.28. The zero-order valence-corrected chi connectivity index (χ0v) is 10.5. The molecule has 1 saturated heterocycles. The van der Waals surface area contributed by atoms with Crippen LogP contribution in [-0.2, 0) is 0 Å². The van der Waals surface area contributed by atoms with Crippen molar-refractivity contribution in [3.05, 3.63) is 0 Å². The molecule has 14 heavy (non-hydrogen) atoms. The van der Waals surface area contributed by atoms with E-state index in [1.807, 2.05) is 11.8 Å². The number of nitrogens with two attached hydrogens (primary N) is 1. The molecule has 84 valence electrons. The summed E-state index contributed by atoms with van der Waals surface area (Å²) in [6, 6.07) is 1.16. The summed E-state index contributed by atoms with van der Waals surface area (Å²) in [4.78, 5) is 2.60. The standard InChI is InChI=1S/C11H24N2S/c1-9-8-13(6-4-11(9)12)10(2)5-7-14-3/h9-11H,4-8,12H2,1-3H3. The lowest BCUT2D eigenvalue weighted by atomic mass is 9.93. The summed E-state index contributed by atoms with van der Waals surface area (Å²) in [7, 11) is 0. The van der Waals surface area contributed by atoms with E-state index in [2.05, 4.69) is 25.0 Å². The van der Waals surface area contributed by atoms with Gasteiger partial charge in [0.2, 0.25) is 0 Å². The zero-order valence-electron chi connectivity index (χ0n) is 9.70. The molecule has 3 atom stereocenters. The third-order valence-corrected chi connectivity index (χ3v) is 4.01. The molecule has 0 aromatic rings. The average Bonchev–Trinajstić information content (AvgIpc) is 2.18. The zero-order chi connectivity index (χ0) is 10.6. The van der Waals surface area contributed by atoms with Crippen LogP contribution in [0.4, 0.5) is 0 Å². The summed E-state index contributed by atoms with van der Waals surface area (Å²) in [5, 5.41) is 0. The lowest BCUT2D eigenvalue weighted by molar-refractivity contribution is 0.122. The lowest BCUT2D eigenvalue weighted by Gasteiger charge is -2.38. The van der Waals surface area contributed by atoms with Crippen molar-refractivity contribution >= 4 is 11.8 Å². The highest BCUT2D eigenvalue weighted by molar-refractivity contribution is 7.98. The first-order valence-electron chi connectivity index (χ1n) is 5.63. The second kappa shape index (κ2) is 5.99. The van der Waals surface area contributed by atoms with Crippen LogP contribution in [0.15, 0.2) is 0 Å². The average molecular weight is 216 g/mol. The summed E-state index contributed by atoms with van der Waals surface area (Å²) >= 11 is 1.94. The SMILES string of the molecule is CSCCC(C)N1CCC(N)C(C)C1. The van der Waals surface area contributed by atoms with Gasteiger partial charge >= 0.3 is 0 Å². The van der Waals surface area contributed by atoms with E-state index in [1.165, 1.54) is 31.7 Å². The highest BCUT2D eigenvalue weighted by Crippen LogP contribution is 2.18. The fourth-order valence-electron chi connectivity index (χ4n) is 2.07. The van der Waals surface area contributed by atoms with Crippen molar-refractivity contribution in [3.8, 4) is 0 Å². The number of nitrogens with zero attached hydrogens (tertiary/aromatic N) is 1. The summed E-state index contributed by atoms with van der Waals surface area (Å²) in [5.41, 5.74) is 6.01. The summed E-state index contributed by atoms with van der Waals surface area (Å²) < 4.78 is 0. The Hall–Kier alpha value is 0.270.